The normalized spacial score (nSPS) is 20.3. The lowest BCUT2D eigenvalue weighted by atomic mass is 9.77. The molecule has 1 unspecified atom stereocenters. The number of hydrogen-bond donors (Lipinski definition) is 3. The van der Waals surface area contributed by atoms with Gasteiger partial charge in [-0.2, -0.15) is 0 Å². The van der Waals surface area contributed by atoms with Gasteiger partial charge in [0.1, 0.15) is 0 Å². The standard InChI is InChI=1S/C23H35N3O5/c1-2-31-21(28)18(13-12-17-9-4-3-5-10-17)23(22(29)30)14-8-16-26(23)20(27)19(25)11-6-7-15-24/h3-5,9-10,18-19H,2,6-8,11-16,24-25H2,1H3,(H,29,30)/t18?,19-,23+/m0/s1. The maximum Gasteiger partial charge on any atom is 0.330 e. The van der Waals surface area contributed by atoms with Gasteiger partial charge < -0.3 is 26.2 Å². The van der Waals surface area contributed by atoms with E-state index in [9.17, 15) is 19.5 Å². The third-order valence-corrected chi connectivity index (χ3v) is 6.06. The molecule has 1 amide bonds. The topological polar surface area (TPSA) is 136 Å². The fourth-order valence-electron chi connectivity index (χ4n) is 4.46. The van der Waals surface area contributed by atoms with Crippen molar-refractivity contribution in [3.05, 3.63) is 35.9 Å². The number of ether oxygens (including phenoxy) is 1. The van der Waals surface area contributed by atoms with Crippen LogP contribution in [0.15, 0.2) is 30.3 Å². The molecule has 172 valence electrons. The molecular weight excluding hydrogens is 398 g/mol. The molecule has 0 aliphatic carbocycles. The maximum absolute atomic E-state index is 13.2. The third-order valence-electron chi connectivity index (χ3n) is 6.06. The van der Waals surface area contributed by atoms with Crippen molar-refractivity contribution in [1.29, 1.82) is 0 Å². The fraction of sp³-hybridized carbons (Fsp3) is 0.609. The second kappa shape index (κ2) is 11.8. The number of nitrogens with zero attached hydrogens (tertiary/aromatic N) is 1. The van der Waals surface area contributed by atoms with E-state index in [2.05, 4.69) is 0 Å². The molecule has 1 saturated heterocycles. The molecule has 3 atom stereocenters. The first-order valence-electron chi connectivity index (χ1n) is 11.1. The summed E-state index contributed by atoms with van der Waals surface area (Å²) in [6.45, 7) is 2.60. The summed E-state index contributed by atoms with van der Waals surface area (Å²) in [6.07, 6.45) is 3.32. The van der Waals surface area contributed by atoms with Gasteiger partial charge in [0.25, 0.3) is 0 Å². The molecule has 8 heteroatoms. The van der Waals surface area contributed by atoms with Crippen LogP contribution in [0, 0.1) is 5.92 Å². The van der Waals surface area contributed by atoms with E-state index < -0.39 is 35.3 Å². The molecule has 1 aliphatic heterocycles. The summed E-state index contributed by atoms with van der Waals surface area (Å²) in [6, 6.07) is 8.73. The van der Waals surface area contributed by atoms with Crippen LogP contribution in [0.25, 0.3) is 0 Å². The Labute approximate surface area is 183 Å². The second-order valence-corrected chi connectivity index (χ2v) is 8.04. The predicted molar refractivity (Wildman–Crippen MR) is 117 cm³/mol. The number of aliphatic carboxylic acids is 1. The lowest BCUT2D eigenvalue weighted by molar-refractivity contribution is -0.171. The molecule has 1 heterocycles. The van der Waals surface area contributed by atoms with Gasteiger partial charge in [0.15, 0.2) is 5.54 Å². The Bertz CT molecular complexity index is 742. The first-order chi connectivity index (χ1) is 14.9. The lowest BCUT2D eigenvalue weighted by Crippen LogP contribution is -2.62. The van der Waals surface area contributed by atoms with Gasteiger partial charge in [-0.05, 0) is 57.6 Å². The summed E-state index contributed by atoms with van der Waals surface area (Å²) < 4.78 is 5.26. The van der Waals surface area contributed by atoms with Gasteiger partial charge in [-0.1, -0.05) is 36.8 Å². The molecule has 5 N–H and O–H groups in total. The molecular formula is C23H35N3O5. The van der Waals surface area contributed by atoms with Crippen molar-refractivity contribution in [2.24, 2.45) is 17.4 Å². The number of carboxylic acid groups (broad SMARTS) is 1. The van der Waals surface area contributed by atoms with Crippen molar-refractivity contribution in [3.63, 3.8) is 0 Å². The van der Waals surface area contributed by atoms with Crippen LogP contribution in [0.5, 0.6) is 0 Å². The molecule has 0 spiro atoms. The van der Waals surface area contributed by atoms with E-state index in [1.165, 1.54) is 4.90 Å². The molecule has 2 rings (SSSR count). The fourth-order valence-corrected chi connectivity index (χ4v) is 4.46. The zero-order valence-electron chi connectivity index (χ0n) is 18.3. The van der Waals surface area contributed by atoms with Crippen LogP contribution in [0.1, 0.15) is 51.0 Å². The number of benzene rings is 1. The Hall–Kier alpha value is -2.45. The number of rotatable bonds is 12. The van der Waals surface area contributed by atoms with Crippen molar-refractivity contribution in [2.45, 2.75) is 63.5 Å². The number of unbranched alkanes of at least 4 members (excludes halogenated alkanes) is 1. The number of aryl methyl sites for hydroxylation is 1. The highest BCUT2D eigenvalue weighted by Crippen LogP contribution is 2.40. The number of carboxylic acids is 1. The predicted octanol–water partition coefficient (Wildman–Crippen LogP) is 1.70. The average Bonchev–Trinajstić information content (AvgIpc) is 3.20. The summed E-state index contributed by atoms with van der Waals surface area (Å²) in [5.41, 5.74) is 11.0. The molecule has 0 aromatic heterocycles. The highest BCUT2D eigenvalue weighted by atomic mass is 16.5. The Morgan fingerprint density at radius 3 is 2.52 bits per heavy atom. The molecule has 1 aromatic rings. The average molecular weight is 434 g/mol. The van der Waals surface area contributed by atoms with Crippen molar-refractivity contribution < 1.29 is 24.2 Å². The van der Waals surface area contributed by atoms with Crippen molar-refractivity contribution >= 4 is 17.8 Å². The van der Waals surface area contributed by atoms with E-state index >= 15 is 0 Å². The zero-order valence-corrected chi connectivity index (χ0v) is 18.3. The number of amides is 1. The summed E-state index contributed by atoms with van der Waals surface area (Å²) in [5.74, 6) is -3.17. The van der Waals surface area contributed by atoms with E-state index in [-0.39, 0.29) is 26.0 Å². The zero-order chi connectivity index (χ0) is 22.9. The second-order valence-electron chi connectivity index (χ2n) is 8.04. The molecule has 1 aromatic carbocycles. The smallest absolute Gasteiger partial charge is 0.330 e. The van der Waals surface area contributed by atoms with Crippen LogP contribution in [-0.4, -0.2) is 59.1 Å². The molecule has 1 fully saturated rings. The van der Waals surface area contributed by atoms with Gasteiger partial charge in [-0.3, -0.25) is 9.59 Å². The van der Waals surface area contributed by atoms with Gasteiger partial charge >= 0.3 is 11.9 Å². The van der Waals surface area contributed by atoms with Crippen molar-refractivity contribution in [2.75, 3.05) is 19.7 Å². The quantitative estimate of drug-likeness (QED) is 0.337. The van der Waals surface area contributed by atoms with E-state index in [1.807, 2.05) is 30.3 Å². The van der Waals surface area contributed by atoms with Crippen LogP contribution in [0.3, 0.4) is 0 Å². The highest BCUT2D eigenvalue weighted by molar-refractivity contribution is 5.94. The van der Waals surface area contributed by atoms with Crippen molar-refractivity contribution in [1.82, 2.24) is 4.90 Å². The summed E-state index contributed by atoms with van der Waals surface area (Å²) in [5, 5.41) is 10.3. The lowest BCUT2D eigenvalue weighted by Gasteiger charge is -2.40. The minimum absolute atomic E-state index is 0.142. The van der Waals surface area contributed by atoms with E-state index in [0.29, 0.717) is 32.2 Å². The highest BCUT2D eigenvalue weighted by Gasteiger charge is 2.58. The van der Waals surface area contributed by atoms with Crippen LogP contribution in [0.4, 0.5) is 0 Å². The molecule has 0 saturated carbocycles. The minimum Gasteiger partial charge on any atom is -0.479 e. The number of esters is 1. The first kappa shape index (κ1) is 24.8. The minimum atomic E-state index is -1.65. The first-order valence-corrected chi connectivity index (χ1v) is 11.1. The summed E-state index contributed by atoms with van der Waals surface area (Å²) >= 11 is 0. The van der Waals surface area contributed by atoms with E-state index in [4.69, 9.17) is 16.2 Å². The molecule has 8 nitrogen and oxygen atoms in total. The molecule has 0 radical (unpaired) electrons. The summed E-state index contributed by atoms with van der Waals surface area (Å²) in [7, 11) is 0. The number of nitrogens with two attached hydrogens (primary N) is 2. The van der Waals surface area contributed by atoms with Crippen LogP contribution >= 0.6 is 0 Å². The number of carbonyl (C=O) groups is 3. The Balaban J connectivity index is 2.33. The molecule has 31 heavy (non-hydrogen) atoms. The van der Waals surface area contributed by atoms with Gasteiger partial charge in [-0.15, -0.1) is 0 Å². The maximum atomic E-state index is 13.2. The van der Waals surface area contributed by atoms with Gasteiger partial charge in [0.05, 0.1) is 18.6 Å². The monoisotopic (exact) mass is 433 g/mol. The molecule has 0 bridgehead atoms. The van der Waals surface area contributed by atoms with Gasteiger partial charge in [-0.25, -0.2) is 4.79 Å². The molecule has 1 aliphatic rings. The van der Waals surface area contributed by atoms with Crippen LogP contribution in [0.2, 0.25) is 0 Å². The Kier molecular flexibility index (Phi) is 9.45. The largest absolute Gasteiger partial charge is 0.479 e. The SMILES string of the molecule is CCOC(=O)C(CCc1ccccc1)[C@@]1(C(=O)O)CCCN1C(=O)[C@@H](N)CCCCN. The number of carbonyl (C=O) groups excluding carboxylic acids is 2. The summed E-state index contributed by atoms with van der Waals surface area (Å²) in [4.78, 5) is 40.1. The van der Waals surface area contributed by atoms with Gasteiger partial charge in [0.2, 0.25) is 5.91 Å². The Morgan fingerprint density at radius 1 is 1.19 bits per heavy atom. The van der Waals surface area contributed by atoms with Crippen molar-refractivity contribution in [3.8, 4) is 0 Å². The number of hydrogen-bond acceptors (Lipinski definition) is 6. The van der Waals surface area contributed by atoms with Crippen LogP contribution in [-0.2, 0) is 25.5 Å². The third kappa shape index (κ3) is 5.83. The number of likely N-dealkylation sites (tertiary alicyclic amines) is 1. The van der Waals surface area contributed by atoms with E-state index in [0.717, 1.165) is 12.0 Å². The Morgan fingerprint density at radius 2 is 1.90 bits per heavy atom. The van der Waals surface area contributed by atoms with Gasteiger partial charge in [0, 0.05) is 6.54 Å². The van der Waals surface area contributed by atoms with Crippen LogP contribution < -0.4 is 11.5 Å². The van der Waals surface area contributed by atoms with E-state index in [1.54, 1.807) is 6.92 Å².